The third-order valence-electron chi connectivity index (χ3n) is 7.81. The van der Waals surface area contributed by atoms with Gasteiger partial charge in [0.2, 0.25) is 5.91 Å². The fraction of sp³-hybridized carbons (Fsp3) is 0.467. The van der Waals surface area contributed by atoms with Crippen molar-refractivity contribution in [1.29, 1.82) is 0 Å². The lowest BCUT2D eigenvalue weighted by Crippen LogP contribution is -2.59. The highest BCUT2D eigenvalue weighted by atomic mass is 16.4. The number of hydrogen-bond donors (Lipinski definition) is 3. The van der Waals surface area contributed by atoms with E-state index < -0.39 is 29.5 Å². The van der Waals surface area contributed by atoms with Gasteiger partial charge in [-0.1, -0.05) is 50.2 Å². The number of urea groups is 1. The number of rotatable bonds is 8. The summed E-state index contributed by atoms with van der Waals surface area (Å²) in [6.07, 6.45) is 0.933. The Labute approximate surface area is 235 Å². The van der Waals surface area contributed by atoms with Crippen LogP contribution in [-0.2, 0) is 9.59 Å². The first-order valence-corrected chi connectivity index (χ1v) is 13.8. The molecular weight excluding hydrogens is 510 g/mol. The van der Waals surface area contributed by atoms with Gasteiger partial charge in [-0.25, -0.2) is 9.59 Å². The van der Waals surface area contributed by atoms with Gasteiger partial charge in [-0.3, -0.25) is 9.59 Å². The van der Waals surface area contributed by atoms with Crippen molar-refractivity contribution in [2.75, 3.05) is 37.7 Å². The maximum atomic E-state index is 13.7. The summed E-state index contributed by atoms with van der Waals surface area (Å²) in [7, 11) is 0. The Hall–Kier alpha value is -4.08. The summed E-state index contributed by atoms with van der Waals surface area (Å²) in [5.74, 6) is -1.31. The molecule has 4 rings (SSSR count). The molecule has 0 aromatic heterocycles. The smallest absolute Gasteiger partial charge is 0.328 e. The van der Waals surface area contributed by atoms with Crippen molar-refractivity contribution in [2.45, 2.75) is 52.1 Å². The van der Waals surface area contributed by atoms with Crippen LogP contribution in [-0.4, -0.2) is 83.1 Å². The molecule has 2 fully saturated rings. The van der Waals surface area contributed by atoms with Crippen LogP contribution >= 0.6 is 0 Å². The number of anilines is 1. The van der Waals surface area contributed by atoms with Crippen LogP contribution in [0.5, 0.6) is 0 Å². The minimum absolute atomic E-state index is 0.0882. The van der Waals surface area contributed by atoms with E-state index in [2.05, 4.69) is 29.4 Å². The zero-order valence-electron chi connectivity index (χ0n) is 23.6. The number of aliphatic carboxylic acids is 1. The SMILES string of the molecule is Cc1cccc(C)c1C(=O)NC(CNC(=O)N1CCC2(CC1)C(=O)N(CC(C)C)CN2c1ccccc1)C(=O)O. The number of carboxylic acid groups (broad SMARTS) is 1. The number of nitrogens with zero attached hydrogens (tertiary/aromatic N) is 3. The molecule has 2 aromatic rings. The van der Waals surface area contributed by atoms with E-state index in [1.54, 1.807) is 30.9 Å². The summed E-state index contributed by atoms with van der Waals surface area (Å²) >= 11 is 0. The number of carbonyl (C=O) groups is 4. The molecule has 3 N–H and O–H groups in total. The molecule has 0 saturated carbocycles. The second-order valence-corrected chi connectivity index (χ2v) is 11.2. The summed E-state index contributed by atoms with van der Waals surface area (Å²) in [5, 5.41) is 14.9. The minimum atomic E-state index is -1.29. The summed E-state index contributed by atoms with van der Waals surface area (Å²) in [4.78, 5) is 57.1. The highest BCUT2D eigenvalue weighted by molar-refractivity contribution is 5.99. The van der Waals surface area contributed by atoms with Crippen LogP contribution in [0.2, 0.25) is 0 Å². The molecule has 2 saturated heterocycles. The molecule has 2 aromatic carbocycles. The van der Waals surface area contributed by atoms with Crippen molar-refractivity contribution < 1.29 is 24.3 Å². The first kappa shape index (κ1) is 28.9. The second kappa shape index (κ2) is 12.0. The molecule has 2 heterocycles. The Balaban J connectivity index is 1.40. The normalized spacial score (nSPS) is 17.3. The number of benzene rings is 2. The Morgan fingerprint density at radius 3 is 2.17 bits per heavy atom. The van der Waals surface area contributed by atoms with Gasteiger partial charge in [0.25, 0.3) is 5.91 Å². The minimum Gasteiger partial charge on any atom is -0.480 e. The molecule has 1 atom stereocenters. The molecule has 2 aliphatic heterocycles. The Kier molecular flexibility index (Phi) is 8.66. The van der Waals surface area contributed by atoms with Crippen LogP contribution in [0.4, 0.5) is 10.5 Å². The average molecular weight is 550 g/mol. The Morgan fingerprint density at radius 1 is 0.975 bits per heavy atom. The standard InChI is InChI=1S/C30H39N5O5/c1-20(2)18-34-19-35(23-11-6-5-7-12-23)30(28(34)39)13-15-33(16-14-30)29(40)31-17-24(27(37)38)32-26(36)25-21(3)9-8-10-22(25)4/h5-12,20,24H,13-19H2,1-4H3,(H,31,40)(H,32,36)(H,37,38). The van der Waals surface area contributed by atoms with Crippen molar-refractivity contribution in [1.82, 2.24) is 20.4 Å². The van der Waals surface area contributed by atoms with Crippen molar-refractivity contribution in [3.05, 3.63) is 65.2 Å². The molecule has 0 radical (unpaired) electrons. The predicted molar refractivity (Wildman–Crippen MR) is 152 cm³/mol. The highest BCUT2D eigenvalue weighted by Gasteiger charge is 2.54. The Bertz CT molecular complexity index is 1240. The van der Waals surface area contributed by atoms with Gasteiger partial charge in [0.1, 0.15) is 11.6 Å². The zero-order valence-corrected chi connectivity index (χ0v) is 23.6. The van der Waals surface area contributed by atoms with Crippen LogP contribution in [0.1, 0.15) is 48.2 Å². The molecule has 1 unspecified atom stereocenters. The van der Waals surface area contributed by atoms with Crippen molar-refractivity contribution >= 4 is 29.5 Å². The zero-order chi connectivity index (χ0) is 29.0. The summed E-state index contributed by atoms with van der Waals surface area (Å²) in [5.41, 5.74) is 2.16. The fourth-order valence-corrected chi connectivity index (χ4v) is 5.77. The molecule has 0 aliphatic carbocycles. The fourth-order valence-electron chi connectivity index (χ4n) is 5.77. The number of piperidine rings is 1. The van der Waals surface area contributed by atoms with E-state index in [0.717, 1.165) is 16.8 Å². The van der Waals surface area contributed by atoms with Crippen LogP contribution in [0.25, 0.3) is 0 Å². The van der Waals surface area contributed by atoms with Gasteiger partial charge in [-0.15, -0.1) is 0 Å². The molecule has 10 nitrogen and oxygen atoms in total. The van der Waals surface area contributed by atoms with Crippen molar-refractivity contribution in [2.24, 2.45) is 5.92 Å². The molecule has 4 amide bonds. The lowest BCUT2D eigenvalue weighted by Gasteiger charge is -2.43. The van der Waals surface area contributed by atoms with Gasteiger partial charge >= 0.3 is 12.0 Å². The van der Waals surface area contributed by atoms with Gasteiger partial charge in [0.05, 0.1) is 13.2 Å². The number of nitrogens with one attached hydrogen (secondary N) is 2. The summed E-state index contributed by atoms with van der Waals surface area (Å²) in [6.45, 7) is 9.37. The maximum Gasteiger partial charge on any atom is 0.328 e. The van der Waals surface area contributed by atoms with E-state index in [9.17, 15) is 24.3 Å². The molecule has 40 heavy (non-hydrogen) atoms. The number of para-hydroxylation sites is 1. The van der Waals surface area contributed by atoms with Crippen LogP contribution in [0.15, 0.2) is 48.5 Å². The lowest BCUT2D eigenvalue weighted by atomic mass is 9.85. The molecular formula is C30H39N5O5. The number of carbonyl (C=O) groups excluding carboxylic acids is 3. The van der Waals surface area contributed by atoms with Crippen LogP contribution < -0.4 is 15.5 Å². The topological polar surface area (TPSA) is 122 Å². The third kappa shape index (κ3) is 5.90. The number of amides is 4. The Morgan fingerprint density at radius 2 is 1.60 bits per heavy atom. The van der Waals surface area contributed by atoms with Gasteiger partial charge in [0.15, 0.2) is 0 Å². The molecule has 1 spiro atoms. The third-order valence-corrected chi connectivity index (χ3v) is 7.81. The van der Waals surface area contributed by atoms with Crippen LogP contribution in [0, 0.1) is 19.8 Å². The quantitative estimate of drug-likeness (QED) is 0.465. The van der Waals surface area contributed by atoms with Gasteiger partial charge in [-0.05, 0) is 55.9 Å². The van der Waals surface area contributed by atoms with Crippen molar-refractivity contribution in [3.8, 4) is 0 Å². The highest BCUT2D eigenvalue weighted by Crippen LogP contribution is 2.39. The number of aryl methyl sites for hydroxylation is 2. The van der Waals surface area contributed by atoms with Gasteiger partial charge < -0.3 is 30.4 Å². The van der Waals surface area contributed by atoms with E-state index in [-0.39, 0.29) is 12.5 Å². The molecule has 214 valence electrons. The first-order valence-electron chi connectivity index (χ1n) is 13.8. The van der Waals surface area contributed by atoms with Gasteiger partial charge in [-0.2, -0.15) is 0 Å². The first-order chi connectivity index (χ1) is 19.0. The van der Waals surface area contributed by atoms with E-state index in [1.165, 1.54) is 0 Å². The summed E-state index contributed by atoms with van der Waals surface area (Å²) < 4.78 is 0. The number of hydrogen-bond acceptors (Lipinski definition) is 5. The molecule has 0 bridgehead atoms. The number of carboxylic acids is 1. The monoisotopic (exact) mass is 549 g/mol. The molecule has 2 aliphatic rings. The largest absolute Gasteiger partial charge is 0.480 e. The predicted octanol–water partition coefficient (Wildman–Crippen LogP) is 2.99. The van der Waals surface area contributed by atoms with E-state index in [1.807, 2.05) is 41.3 Å². The second-order valence-electron chi connectivity index (χ2n) is 11.2. The lowest BCUT2D eigenvalue weighted by molar-refractivity contribution is -0.139. The van der Waals surface area contributed by atoms with E-state index in [4.69, 9.17) is 0 Å². The van der Waals surface area contributed by atoms with Crippen LogP contribution in [0.3, 0.4) is 0 Å². The summed E-state index contributed by atoms with van der Waals surface area (Å²) in [6, 6.07) is 13.6. The van der Waals surface area contributed by atoms with E-state index >= 15 is 0 Å². The molecule has 10 heteroatoms. The average Bonchev–Trinajstić information content (AvgIpc) is 3.17. The number of likely N-dealkylation sites (tertiary alicyclic amines) is 1. The van der Waals surface area contributed by atoms with Gasteiger partial charge in [0, 0.05) is 30.9 Å². The van der Waals surface area contributed by atoms with Crippen molar-refractivity contribution in [3.63, 3.8) is 0 Å². The van der Waals surface area contributed by atoms with E-state index in [0.29, 0.717) is 50.6 Å². The maximum absolute atomic E-state index is 13.7.